The average molecular weight is 514 g/mol. The lowest BCUT2D eigenvalue weighted by Gasteiger charge is -1.99. The van der Waals surface area contributed by atoms with Crippen LogP contribution in [0.3, 0.4) is 0 Å². The number of nitrogens with zero attached hydrogens (tertiary/aromatic N) is 2. The Morgan fingerprint density at radius 3 is 1.94 bits per heavy atom. The van der Waals surface area contributed by atoms with Gasteiger partial charge in [0.05, 0.1) is 16.6 Å². The number of aliphatic carboxylic acids is 1. The fourth-order valence-electron chi connectivity index (χ4n) is 2.37. The first-order chi connectivity index (χ1) is 16.1. The van der Waals surface area contributed by atoms with Gasteiger partial charge in [-0.1, -0.05) is 38.1 Å². The molecule has 0 radical (unpaired) electrons. The number of aromatic nitrogens is 3. The van der Waals surface area contributed by atoms with Gasteiger partial charge in [-0.3, -0.25) is 22.7 Å². The Kier molecular flexibility index (Phi) is 15.1. The van der Waals surface area contributed by atoms with Crippen LogP contribution in [-0.2, 0) is 27.3 Å². The van der Waals surface area contributed by atoms with Crippen molar-refractivity contribution in [2.75, 3.05) is 14.1 Å². The Bertz CT molecular complexity index is 1270. The highest BCUT2D eigenvalue weighted by atomic mass is 32.2. The van der Waals surface area contributed by atoms with Crippen molar-refractivity contribution < 1.29 is 27.4 Å². The maximum absolute atomic E-state index is 12.1. The van der Waals surface area contributed by atoms with E-state index < -0.39 is 28.5 Å². The van der Waals surface area contributed by atoms with E-state index >= 15 is 0 Å². The van der Waals surface area contributed by atoms with Crippen molar-refractivity contribution in [1.29, 1.82) is 0 Å². The molecule has 0 aliphatic heterocycles. The van der Waals surface area contributed by atoms with Crippen LogP contribution in [0.4, 0.5) is 0 Å². The van der Waals surface area contributed by atoms with Crippen molar-refractivity contribution in [2.45, 2.75) is 20.8 Å². The number of carboxylic acid groups (broad SMARTS) is 1. The summed E-state index contributed by atoms with van der Waals surface area (Å²) in [6.07, 6.45) is 0. The molecule has 0 amide bonds. The van der Waals surface area contributed by atoms with E-state index in [0.29, 0.717) is 5.65 Å². The van der Waals surface area contributed by atoms with Crippen LogP contribution in [0.1, 0.15) is 20.8 Å². The first-order valence-electron chi connectivity index (χ1n) is 9.73. The Hall–Kier alpha value is -3.01. The molecule has 0 aliphatic rings. The lowest BCUT2D eigenvalue weighted by molar-refractivity contribution is -0.134. The minimum atomic E-state index is -2.07. The van der Waals surface area contributed by atoms with Gasteiger partial charge >= 0.3 is 5.69 Å². The number of rotatable bonds is 2. The third-order valence-corrected chi connectivity index (χ3v) is 4.17. The topological polar surface area (TPSA) is 192 Å². The smallest absolute Gasteiger partial charge is 0.332 e. The predicted octanol–water partition coefficient (Wildman–Crippen LogP) is 1.45. The highest BCUT2D eigenvalue weighted by molar-refractivity contribution is 7.77. The minimum Gasteiger partial charge on any atom is -0.760 e. The van der Waals surface area contributed by atoms with Crippen LogP contribution in [0, 0.1) is 0 Å². The number of nitrogens with one attached hydrogen (secondary N) is 3. The number of hydrogen-bond donors (Lipinski definition) is 4. The second kappa shape index (κ2) is 16.6. The Morgan fingerprint density at radius 1 is 1.00 bits per heavy atom. The maximum atomic E-state index is 12.1. The van der Waals surface area contributed by atoms with Gasteiger partial charge in [0, 0.05) is 34.8 Å². The zero-order valence-corrected chi connectivity index (χ0v) is 20.9. The van der Waals surface area contributed by atoms with Crippen LogP contribution in [-0.4, -0.2) is 57.1 Å². The van der Waals surface area contributed by atoms with Gasteiger partial charge in [0.25, 0.3) is 5.97 Å². The largest absolute Gasteiger partial charge is 0.760 e. The SMILES string of the molecule is CC.CC(=O)O.CNS(=O)[O-].CNS(=O)[O-].O=c1[nH]c2ccccc2c2nc3ccccc3n12. The van der Waals surface area contributed by atoms with Gasteiger partial charge in [-0.15, -0.1) is 0 Å². The van der Waals surface area contributed by atoms with E-state index in [-0.39, 0.29) is 5.69 Å². The molecule has 12 nitrogen and oxygen atoms in total. The molecule has 0 bridgehead atoms. The van der Waals surface area contributed by atoms with E-state index in [2.05, 4.69) is 9.97 Å². The van der Waals surface area contributed by atoms with Crippen LogP contribution in [0.2, 0.25) is 0 Å². The number of hydrogen-bond acceptors (Lipinski definition) is 7. The van der Waals surface area contributed by atoms with Gasteiger partial charge in [-0.25, -0.2) is 14.2 Å². The predicted molar refractivity (Wildman–Crippen MR) is 131 cm³/mol. The minimum absolute atomic E-state index is 0.155. The first kappa shape index (κ1) is 31.0. The van der Waals surface area contributed by atoms with E-state index in [0.717, 1.165) is 28.9 Å². The molecule has 2 aromatic heterocycles. The molecule has 2 unspecified atom stereocenters. The molecular formula is C20H27N5O7S2-2. The Morgan fingerprint density at radius 2 is 1.44 bits per heavy atom. The molecule has 2 aromatic carbocycles. The lowest BCUT2D eigenvalue weighted by atomic mass is 10.2. The molecule has 4 aromatic rings. The highest BCUT2D eigenvalue weighted by Crippen LogP contribution is 2.20. The second-order valence-electron chi connectivity index (χ2n) is 5.63. The summed E-state index contributed by atoms with van der Waals surface area (Å²) in [5.41, 5.74) is 3.03. The molecule has 0 saturated heterocycles. The number of fused-ring (bicyclic) bond motifs is 5. The van der Waals surface area contributed by atoms with Crippen molar-refractivity contribution in [3.63, 3.8) is 0 Å². The molecule has 34 heavy (non-hydrogen) atoms. The Balaban J connectivity index is 0.000000567. The van der Waals surface area contributed by atoms with Gasteiger partial charge in [0.2, 0.25) is 0 Å². The monoisotopic (exact) mass is 513 g/mol. The zero-order chi connectivity index (χ0) is 26.3. The third-order valence-electron chi connectivity index (χ3n) is 3.51. The van der Waals surface area contributed by atoms with E-state index in [1.807, 2.05) is 71.8 Å². The lowest BCUT2D eigenvalue weighted by Crippen LogP contribution is -2.15. The van der Waals surface area contributed by atoms with Crippen LogP contribution >= 0.6 is 0 Å². The summed E-state index contributed by atoms with van der Waals surface area (Å²) in [6, 6.07) is 15.3. The fourth-order valence-corrected chi connectivity index (χ4v) is 2.37. The van der Waals surface area contributed by atoms with Crippen molar-refractivity contribution in [3.05, 3.63) is 59.0 Å². The summed E-state index contributed by atoms with van der Waals surface area (Å²) < 4.78 is 42.5. The quantitative estimate of drug-likeness (QED) is 0.289. The highest BCUT2D eigenvalue weighted by Gasteiger charge is 2.09. The van der Waals surface area contributed by atoms with Crippen molar-refractivity contribution >= 4 is 56.1 Å². The van der Waals surface area contributed by atoms with E-state index in [1.165, 1.54) is 14.1 Å². The number of para-hydroxylation sites is 3. The average Bonchev–Trinajstić information content (AvgIpc) is 3.21. The molecule has 4 rings (SSSR count). The molecule has 2 heterocycles. The second-order valence-corrected chi connectivity index (χ2v) is 7.39. The number of carbonyl (C=O) groups is 1. The Labute approximate surface area is 201 Å². The van der Waals surface area contributed by atoms with E-state index in [9.17, 15) is 22.3 Å². The van der Waals surface area contributed by atoms with Crippen LogP contribution in [0.5, 0.6) is 0 Å². The standard InChI is InChI=1S/C14H9N3O.C2H4O2.C2H6.2CH5NO2S/c18-14-16-10-6-2-1-5-9(10)13-15-11-7-3-4-8-12(11)17(13)14;1-2(3)4;1-2;2*1-2-5(3)4/h1-8H,(H,16,18);1H3,(H,3,4);1-2H3;2*2H,1H3,(H,3,4)/p-2. The van der Waals surface area contributed by atoms with Crippen molar-refractivity contribution in [3.8, 4) is 0 Å². The molecule has 14 heteroatoms. The van der Waals surface area contributed by atoms with Crippen LogP contribution in [0.25, 0.3) is 27.6 Å². The summed E-state index contributed by atoms with van der Waals surface area (Å²) in [7, 11) is 2.67. The zero-order valence-electron chi connectivity index (χ0n) is 19.2. The number of imidazole rings is 1. The van der Waals surface area contributed by atoms with Crippen LogP contribution < -0.4 is 15.1 Å². The van der Waals surface area contributed by atoms with Crippen molar-refractivity contribution in [2.24, 2.45) is 0 Å². The van der Waals surface area contributed by atoms with E-state index in [4.69, 9.17) is 9.90 Å². The number of aromatic amines is 1. The third kappa shape index (κ3) is 10.3. The van der Waals surface area contributed by atoms with Gasteiger partial charge < -0.3 is 19.2 Å². The number of carboxylic acids is 1. The van der Waals surface area contributed by atoms with Gasteiger partial charge in [-0.05, 0) is 38.4 Å². The number of H-pyrrole nitrogens is 1. The summed E-state index contributed by atoms with van der Waals surface area (Å²) in [6.45, 7) is 5.08. The molecule has 188 valence electrons. The van der Waals surface area contributed by atoms with Gasteiger partial charge in [0.1, 0.15) is 0 Å². The summed E-state index contributed by atoms with van der Waals surface area (Å²) in [5.74, 6) is -0.833. The molecule has 2 atom stereocenters. The molecule has 0 spiro atoms. The summed E-state index contributed by atoms with van der Waals surface area (Å²) in [5, 5.41) is 8.37. The first-order valence-corrected chi connectivity index (χ1v) is 11.9. The molecular weight excluding hydrogens is 486 g/mol. The summed E-state index contributed by atoms with van der Waals surface area (Å²) >= 11 is -4.15. The van der Waals surface area contributed by atoms with Crippen LogP contribution in [0.15, 0.2) is 53.3 Å². The van der Waals surface area contributed by atoms with E-state index in [1.54, 1.807) is 4.40 Å². The molecule has 0 fully saturated rings. The fraction of sp³-hybridized carbons (Fsp3) is 0.250. The van der Waals surface area contributed by atoms with Crippen molar-refractivity contribution in [1.82, 2.24) is 23.8 Å². The summed E-state index contributed by atoms with van der Waals surface area (Å²) in [4.78, 5) is 28.6. The molecule has 0 aliphatic carbocycles. The number of benzene rings is 2. The van der Waals surface area contributed by atoms with Gasteiger partial charge in [-0.2, -0.15) is 0 Å². The molecule has 0 saturated carbocycles. The van der Waals surface area contributed by atoms with Gasteiger partial charge in [0.15, 0.2) is 5.65 Å². The maximum Gasteiger partial charge on any atom is 0.332 e. The normalized spacial score (nSPS) is 11.4. The molecule has 4 N–H and O–H groups in total.